The zero-order valence-corrected chi connectivity index (χ0v) is 16.0. The molecule has 3 N–H and O–H groups in total. The van der Waals surface area contributed by atoms with Gasteiger partial charge in [0.1, 0.15) is 17.4 Å². The number of hydrogen-bond donors (Lipinski definition) is 3. The molecular weight excluding hydrogens is 405 g/mol. The Morgan fingerprint density at radius 3 is 2.33 bits per heavy atom. The van der Waals surface area contributed by atoms with Crippen molar-refractivity contribution >= 4 is 11.8 Å². The Labute approximate surface area is 169 Å². The number of ether oxygens (including phenoxy) is 2. The molecule has 2 amide bonds. The third-order valence-corrected chi connectivity index (χ3v) is 4.92. The highest BCUT2D eigenvalue weighted by molar-refractivity contribution is 6.00. The molecule has 0 saturated carbocycles. The van der Waals surface area contributed by atoms with Gasteiger partial charge >= 0.3 is 12.2 Å². The summed E-state index contributed by atoms with van der Waals surface area (Å²) in [5, 5.41) is 14.4. The molecule has 1 aliphatic rings. The molecule has 7 nitrogen and oxygen atoms in total. The van der Waals surface area contributed by atoms with Crippen LogP contribution in [0.1, 0.15) is 22.0 Å². The highest BCUT2D eigenvalue weighted by Gasteiger charge is 2.66. The van der Waals surface area contributed by atoms with Crippen LogP contribution in [0.2, 0.25) is 0 Å². The van der Waals surface area contributed by atoms with E-state index in [1.54, 1.807) is 6.07 Å². The van der Waals surface area contributed by atoms with Crippen molar-refractivity contribution in [3.05, 3.63) is 59.7 Å². The molecule has 1 fully saturated rings. The van der Waals surface area contributed by atoms with Crippen molar-refractivity contribution in [2.75, 3.05) is 14.2 Å². The number of nitrogens with one attached hydrogen (secondary N) is 2. The molecule has 0 spiro atoms. The van der Waals surface area contributed by atoms with Crippen LogP contribution in [0, 0.1) is 5.92 Å². The number of aliphatic hydroxyl groups is 1. The predicted molar refractivity (Wildman–Crippen MR) is 99.2 cm³/mol. The van der Waals surface area contributed by atoms with Crippen LogP contribution in [0.15, 0.2) is 48.5 Å². The molecule has 3 atom stereocenters. The van der Waals surface area contributed by atoms with E-state index >= 15 is 0 Å². The molecule has 3 rings (SSSR count). The third-order valence-electron chi connectivity index (χ3n) is 4.92. The van der Waals surface area contributed by atoms with Gasteiger partial charge in [-0.05, 0) is 18.2 Å². The van der Waals surface area contributed by atoms with Gasteiger partial charge in [0.25, 0.3) is 0 Å². The first-order chi connectivity index (χ1) is 14.1. The zero-order chi connectivity index (χ0) is 22.1. The van der Waals surface area contributed by atoms with Crippen molar-refractivity contribution in [2.24, 2.45) is 5.92 Å². The van der Waals surface area contributed by atoms with Crippen molar-refractivity contribution in [1.82, 2.24) is 10.6 Å². The maximum atomic E-state index is 13.9. The second-order valence-electron chi connectivity index (χ2n) is 6.66. The minimum absolute atomic E-state index is 0.0451. The number of Topliss-reactive ketones (excluding diaryl/α,β-unsaturated/α-hetero) is 1. The maximum absolute atomic E-state index is 13.9. The Kier molecular flexibility index (Phi) is 5.62. The first-order valence-corrected chi connectivity index (χ1v) is 8.81. The second kappa shape index (κ2) is 7.86. The summed E-state index contributed by atoms with van der Waals surface area (Å²) in [6.45, 7) is 0. The van der Waals surface area contributed by atoms with Crippen molar-refractivity contribution in [1.29, 1.82) is 0 Å². The Hall–Kier alpha value is -3.27. The summed E-state index contributed by atoms with van der Waals surface area (Å²) in [6.07, 6.45) is -5.34. The molecule has 0 bridgehead atoms. The molecule has 160 valence electrons. The minimum Gasteiger partial charge on any atom is -0.497 e. The van der Waals surface area contributed by atoms with E-state index in [1.807, 2.05) is 0 Å². The summed E-state index contributed by atoms with van der Waals surface area (Å²) in [4.78, 5) is 25.3. The van der Waals surface area contributed by atoms with E-state index < -0.39 is 35.7 Å². The molecule has 1 aliphatic heterocycles. The van der Waals surface area contributed by atoms with Crippen LogP contribution in [0.4, 0.5) is 18.0 Å². The standard InChI is InChI=1S/C20H19F3N2O5/c1-29-12-8-9-14(30-2)13(10-12)16-15(17(26)11-6-4-3-5-7-11)19(28,20(21,22)23)25-18(27)24-16/h3-10,15-16,28H,1-2H3,(H2,24,25,27)/t15-,16-,19-/m0/s1. The lowest BCUT2D eigenvalue weighted by Crippen LogP contribution is -2.72. The van der Waals surface area contributed by atoms with Gasteiger partial charge in [-0.25, -0.2) is 4.79 Å². The number of ketones is 1. The van der Waals surface area contributed by atoms with Crippen LogP contribution < -0.4 is 20.1 Å². The highest BCUT2D eigenvalue weighted by atomic mass is 19.4. The first kappa shape index (κ1) is 21.4. The number of alkyl halides is 3. The average Bonchev–Trinajstić information content (AvgIpc) is 2.72. The number of methoxy groups -OCH3 is 2. The molecule has 0 radical (unpaired) electrons. The molecule has 30 heavy (non-hydrogen) atoms. The van der Waals surface area contributed by atoms with Gasteiger partial charge in [0.15, 0.2) is 5.78 Å². The van der Waals surface area contributed by atoms with E-state index in [2.05, 4.69) is 5.32 Å². The number of carbonyl (C=O) groups excluding carboxylic acids is 2. The fourth-order valence-electron chi connectivity index (χ4n) is 3.46. The maximum Gasteiger partial charge on any atom is 0.437 e. The largest absolute Gasteiger partial charge is 0.497 e. The van der Waals surface area contributed by atoms with Crippen molar-refractivity contribution in [3.63, 3.8) is 0 Å². The SMILES string of the molecule is COc1ccc(OC)c([C@@H]2NC(=O)N[C@@](O)(C(F)(F)F)[C@@H]2C(=O)c2ccccc2)c1. The van der Waals surface area contributed by atoms with Crippen molar-refractivity contribution < 1.29 is 37.3 Å². The molecule has 1 heterocycles. The quantitative estimate of drug-likeness (QED) is 0.642. The number of urea groups is 1. The fraction of sp³-hybridized carbons (Fsp3) is 0.300. The van der Waals surface area contributed by atoms with E-state index in [0.29, 0.717) is 0 Å². The Morgan fingerprint density at radius 2 is 1.77 bits per heavy atom. The number of halogens is 3. The van der Waals surface area contributed by atoms with Crippen LogP contribution in [-0.4, -0.2) is 43.0 Å². The van der Waals surface area contributed by atoms with Gasteiger partial charge in [-0.1, -0.05) is 30.3 Å². The Morgan fingerprint density at radius 1 is 1.10 bits per heavy atom. The fourth-order valence-corrected chi connectivity index (χ4v) is 3.46. The van der Waals surface area contributed by atoms with Gasteiger partial charge in [-0.2, -0.15) is 13.2 Å². The monoisotopic (exact) mass is 424 g/mol. The normalized spacial score (nSPS) is 23.9. The van der Waals surface area contributed by atoms with E-state index in [9.17, 15) is 27.9 Å². The van der Waals surface area contributed by atoms with Crippen LogP contribution in [0.5, 0.6) is 11.5 Å². The van der Waals surface area contributed by atoms with Crippen LogP contribution in [0.3, 0.4) is 0 Å². The summed E-state index contributed by atoms with van der Waals surface area (Å²) in [6, 6.07) is 8.64. The summed E-state index contributed by atoms with van der Waals surface area (Å²) in [5.41, 5.74) is -3.83. The summed E-state index contributed by atoms with van der Waals surface area (Å²) >= 11 is 0. The summed E-state index contributed by atoms with van der Waals surface area (Å²) in [7, 11) is 2.64. The van der Waals surface area contributed by atoms with Gasteiger partial charge in [-0.15, -0.1) is 0 Å². The van der Waals surface area contributed by atoms with Gasteiger partial charge in [0.05, 0.1) is 20.3 Å². The van der Waals surface area contributed by atoms with Gasteiger partial charge in [0, 0.05) is 11.1 Å². The lowest BCUT2D eigenvalue weighted by Gasteiger charge is -2.45. The Bertz CT molecular complexity index is 951. The lowest BCUT2D eigenvalue weighted by molar-refractivity contribution is -0.287. The van der Waals surface area contributed by atoms with E-state index in [1.165, 1.54) is 62.0 Å². The number of amides is 2. The van der Waals surface area contributed by atoms with Crippen molar-refractivity contribution in [2.45, 2.75) is 17.9 Å². The number of benzene rings is 2. The summed E-state index contributed by atoms with van der Waals surface area (Å²) < 4.78 is 52.2. The van der Waals surface area contributed by atoms with Crippen LogP contribution in [-0.2, 0) is 0 Å². The minimum atomic E-state index is -5.34. The zero-order valence-electron chi connectivity index (χ0n) is 16.0. The van der Waals surface area contributed by atoms with Gasteiger partial charge in [-0.3, -0.25) is 4.79 Å². The summed E-state index contributed by atoms with van der Waals surface area (Å²) in [5.74, 6) is -2.80. The highest BCUT2D eigenvalue weighted by Crippen LogP contribution is 2.46. The topological polar surface area (TPSA) is 96.9 Å². The number of hydrogen-bond acceptors (Lipinski definition) is 5. The number of carbonyl (C=O) groups is 2. The first-order valence-electron chi connectivity index (χ1n) is 8.81. The van der Waals surface area contributed by atoms with Crippen molar-refractivity contribution in [3.8, 4) is 11.5 Å². The smallest absolute Gasteiger partial charge is 0.437 e. The second-order valence-corrected chi connectivity index (χ2v) is 6.66. The molecule has 2 aromatic carbocycles. The van der Waals surface area contributed by atoms with Gasteiger partial charge < -0.3 is 25.2 Å². The molecule has 0 aliphatic carbocycles. The molecule has 2 aromatic rings. The lowest BCUT2D eigenvalue weighted by atomic mass is 9.77. The van der Waals surface area contributed by atoms with E-state index in [-0.39, 0.29) is 22.6 Å². The number of rotatable bonds is 5. The molecular formula is C20H19F3N2O5. The predicted octanol–water partition coefficient (Wildman–Crippen LogP) is 2.81. The Balaban J connectivity index is 2.23. The molecule has 0 unspecified atom stereocenters. The van der Waals surface area contributed by atoms with E-state index in [4.69, 9.17) is 9.47 Å². The molecule has 10 heteroatoms. The molecule has 1 saturated heterocycles. The van der Waals surface area contributed by atoms with Crippen LogP contribution in [0.25, 0.3) is 0 Å². The van der Waals surface area contributed by atoms with E-state index in [0.717, 1.165) is 0 Å². The average molecular weight is 424 g/mol. The van der Waals surface area contributed by atoms with Crippen LogP contribution >= 0.6 is 0 Å². The van der Waals surface area contributed by atoms with Gasteiger partial charge in [0.2, 0.25) is 5.72 Å². The third kappa shape index (κ3) is 3.65. The molecule has 0 aromatic heterocycles.